The maximum Gasteiger partial charge on any atom is 0.184 e. The van der Waals surface area contributed by atoms with Gasteiger partial charge in [0.25, 0.3) is 0 Å². The van der Waals surface area contributed by atoms with Crippen LogP contribution in [0.1, 0.15) is 79.6 Å². The van der Waals surface area contributed by atoms with E-state index in [1.165, 1.54) is 0 Å². The highest BCUT2D eigenvalue weighted by atomic mass is 28.4. The highest BCUT2D eigenvalue weighted by molar-refractivity contribution is 6.69. The molecule has 0 aromatic carbocycles. The first-order valence-electron chi connectivity index (χ1n) is 11.1. The summed E-state index contributed by atoms with van der Waals surface area (Å²) in [4.78, 5) is 12.1. The summed E-state index contributed by atoms with van der Waals surface area (Å²) in [6.45, 7) is 18.1. The molecule has 156 valence electrons. The molecule has 0 spiro atoms. The zero-order chi connectivity index (χ0) is 20.7. The second-order valence-corrected chi connectivity index (χ2v) is 14.1. The standard InChI is InChI=1S/C24H44O2Si/c1-9-24(10-2,26-27(6,7)8)18-12-14-20(4)22-17-16-21(5)23(25)15-11-13-19(22)3/h12,17-21H,9-11,13-16H2,1-8H3/b18-12+,22-17+/t19-,20-,21?/m0/s1. The second-order valence-electron chi connectivity index (χ2n) is 9.63. The normalized spacial score (nSPS) is 26.2. The number of Topliss-reactive ketones (excluding diaryl/α,β-unsaturated/α-hetero) is 1. The molecular weight excluding hydrogens is 348 g/mol. The zero-order valence-corrected chi connectivity index (χ0v) is 20.2. The summed E-state index contributed by atoms with van der Waals surface area (Å²) in [5.41, 5.74) is 1.44. The molecule has 1 unspecified atom stereocenters. The molecule has 0 bridgehead atoms. The molecule has 0 saturated heterocycles. The molecule has 0 aliphatic heterocycles. The van der Waals surface area contributed by atoms with Gasteiger partial charge < -0.3 is 4.43 Å². The lowest BCUT2D eigenvalue weighted by Gasteiger charge is -2.36. The quantitative estimate of drug-likeness (QED) is 0.319. The van der Waals surface area contributed by atoms with Gasteiger partial charge in [-0.25, -0.2) is 0 Å². The van der Waals surface area contributed by atoms with Crippen LogP contribution < -0.4 is 0 Å². The van der Waals surface area contributed by atoms with Crippen molar-refractivity contribution < 1.29 is 9.22 Å². The summed E-state index contributed by atoms with van der Waals surface area (Å²) in [7, 11) is -1.58. The van der Waals surface area contributed by atoms with Gasteiger partial charge in [0.05, 0.1) is 5.60 Å². The molecule has 2 nitrogen and oxygen atoms in total. The SMILES string of the molecule is CCC(/C=C/C[C@H](C)/C1=C/CC(C)C(=O)CCC[C@@H]1C)(CC)O[Si](C)(C)C. The fourth-order valence-corrected chi connectivity index (χ4v) is 5.80. The molecule has 0 N–H and O–H groups in total. The molecule has 0 saturated carbocycles. The van der Waals surface area contributed by atoms with Gasteiger partial charge in [-0.3, -0.25) is 4.79 Å². The molecule has 3 atom stereocenters. The largest absolute Gasteiger partial charge is 0.409 e. The Morgan fingerprint density at radius 2 is 1.85 bits per heavy atom. The monoisotopic (exact) mass is 392 g/mol. The van der Waals surface area contributed by atoms with E-state index in [-0.39, 0.29) is 11.5 Å². The van der Waals surface area contributed by atoms with Crippen LogP contribution in [0.25, 0.3) is 0 Å². The van der Waals surface area contributed by atoms with E-state index in [9.17, 15) is 4.79 Å². The molecule has 0 amide bonds. The van der Waals surface area contributed by atoms with Gasteiger partial charge >= 0.3 is 0 Å². The van der Waals surface area contributed by atoms with Gasteiger partial charge in [-0.1, -0.05) is 58.4 Å². The van der Waals surface area contributed by atoms with E-state index in [0.717, 1.165) is 44.9 Å². The maximum atomic E-state index is 12.1. The number of hydrogen-bond donors (Lipinski definition) is 0. The summed E-state index contributed by atoms with van der Waals surface area (Å²) < 4.78 is 6.55. The molecule has 1 rings (SSSR count). The Balaban J connectivity index is 2.86. The van der Waals surface area contributed by atoms with E-state index in [1.807, 2.05) is 0 Å². The molecule has 1 aliphatic rings. The van der Waals surface area contributed by atoms with Crippen molar-refractivity contribution >= 4 is 14.1 Å². The van der Waals surface area contributed by atoms with Gasteiger partial charge in [0.2, 0.25) is 0 Å². The van der Waals surface area contributed by atoms with E-state index >= 15 is 0 Å². The predicted molar refractivity (Wildman–Crippen MR) is 121 cm³/mol. The Kier molecular flexibility index (Phi) is 9.71. The lowest BCUT2D eigenvalue weighted by molar-refractivity contribution is -0.122. The lowest BCUT2D eigenvalue weighted by atomic mass is 9.84. The maximum absolute atomic E-state index is 12.1. The lowest BCUT2D eigenvalue weighted by Crippen LogP contribution is -2.40. The fraction of sp³-hybridized carbons (Fsp3) is 0.792. The number of carbonyl (C=O) groups is 1. The van der Waals surface area contributed by atoms with Crippen LogP contribution in [0.2, 0.25) is 19.6 Å². The highest BCUT2D eigenvalue weighted by Crippen LogP contribution is 2.32. The number of ketones is 1. The average molecular weight is 393 g/mol. The summed E-state index contributed by atoms with van der Waals surface area (Å²) >= 11 is 0. The summed E-state index contributed by atoms with van der Waals surface area (Å²) in [5.74, 6) is 1.71. The Hall–Kier alpha value is -0.673. The summed E-state index contributed by atoms with van der Waals surface area (Å²) in [6.07, 6.45) is 14.0. The molecule has 3 heteroatoms. The van der Waals surface area contributed by atoms with E-state index in [2.05, 4.69) is 72.5 Å². The Labute approximate surface area is 170 Å². The topological polar surface area (TPSA) is 26.3 Å². The molecule has 27 heavy (non-hydrogen) atoms. The van der Waals surface area contributed by atoms with Crippen LogP contribution in [0.4, 0.5) is 0 Å². The highest BCUT2D eigenvalue weighted by Gasteiger charge is 2.30. The first-order chi connectivity index (χ1) is 12.5. The average Bonchev–Trinajstić information content (AvgIpc) is 2.64. The Bertz CT molecular complexity index is 523. The third kappa shape index (κ3) is 8.07. The van der Waals surface area contributed by atoms with Gasteiger partial charge in [0, 0.05) is 12.3 Å². The Morgan fingerprint density at radius 3 is 2.41 bits per heavy atom. The number of carbonyl (C=O) groups excluding carboxylic acids is 1. The number of hydrogen-bond acceptors (Lipinski definition) is 2. The van der Waals surface area contributed by atoms with Gasteiger partial charge in [0.15, 0.2) is 8.32 Å². The number of rotatable bonds is 8. The van der Waals surface area contributed by atoms with E-state index in [0.29, 0.717) is 17.6 Å². The van der Waals surface area contributed by atoms with Crippen molar-refractivity contribution in [2.45, 2.75) is 105 Å². The Morgan fingerprint density at radius 1 is 1.22 bits per heavy atom. The van der Waals surface area contributed by atoms with Crippen molar-refractivity contribution in [2.24, 2.45) is 17.8 Å². The van der Waals surface area contributed by atoms with Crippen molar-refractivity contribution in [3.8, 4) is 0 Å². The summed E-state index contributed by atoms with van der Waals surface area (Å²) in [5, 5.41) is 0. The third-order valence-corrected chi connectivity index (χ3v) is 7.09. The van der Waals surface area contributed by atoms with Crippen LogP contribution in [-0.2, 0) is 9.22 Å². The van der Waals surface area contributed by atoms with Crippen molar-refractivity contribution in [1.29, 1.82) is 0 Å². The minimum absolute atomic E-state index is 0.108. The minimum atomic E-state index is -1.58. The molecule has 0 radical (unpaired) electrons. The smallest absolute Gasteiger partial charge is 0.184 e. The van der Waals surface area contributed by atoms with Crippen molar-refractivity contribution in [2.75, 3.05) is 0 Å². The molecule has 0 heterocycles. The molecule has 0 aromatic heterocycles. The van der Waals surface area contributed by atoms with Crippen molar-refractivity contribution in [3.05, 3.63) is 23.8 Å². The van der Waals surface area contributed by atoms with Gasteiger partial charge in [-0.2, -0.15) is 0 Å². The van der Waals surface area contributed by atoms with Crippen LogP contribution in [0, 0.1) is 17.8 Å². The molecule has 0 aromatic rings. The fourth-order valence-electron chi connectivity index (χ4n) is 4.22. The minimum Gasteiger partial charge on any atom is -0.409 e. The third-order valence-electron chi connectivity index (χ3n) is 6.07. The second kappa shape index (κ2) is 10.8. The van der Waals surface area contributed by atoms with E-state index in [1.54, 1.807) is 5.57 Å². The van der Waals surface area contributed by atoms with Crippen molar-refractivity contribution in [1.82, 2.24) is 0 Å². The van der Waals surface area contributed by atoms with Crippen LogP contribution in [0.5, 0.6) is 0 Å². The van der Waals surface area contributed by atoms with E-state index < -0.39 is 8.32 Å². The van der Waals surface area contributed by atoms with Crippen LogP contribution in [0.3, 0.4) is 0 Å². The first kappa shape index (κ1) is 24.4. The van der Waals surface area contributed by atoms with Crippen LogP contribution in [-0.4, -0.2) is 19.7 Å². The number of allylic oxidation sites excluding steroid dienone is 3. The van der Waals surface area contributed by atoms with E-state index in [4.69, 9.17) is 4.43 Å². The van der Waals surface area contributed by atoms with Gasteiger partial charge in [0.1, 0.15) is 5.78 Å². The van der Waals surface area contributed by atoms with Crippen LogP contribution >= 0.6 is 0 Å². The predicted octanol–water partition coefficient (Wildman–Crippen LogP) is 7.32. The van der Waals surface area contributed by atoms with Crippen molar-refractivity contribution in [3.63, 3.8) is 0 Å². The summed E-state index contributed by atoms with van der Waals surface area (Å²) in [6, 6.07) is 0. The van der Waals surface area contributed by atoms with Crippen LogP contribution in [0.15, 0.2) is 23.8 Å². The first-order valence-corrected chi connectivity index (χ1v) is 14.5. The van der Waals surface area contributed by atoms with Gasteiger partial charge in [-0.05, 0) is 70.0 Å². The molecular formula is C24H44O2Si. The molecule has 1 aliphatic carbocycles. The van der Waals surface area contributed by atoms with Gasteiger partial charge in [-0.15, -0.1) is 0 Å². The molecule has 0 fully saturated rings. The zero-order valence-electron chi connectivity index (χ0n) is 19.2.